The molecular formula is C26H25FN6O3S2. The van der Waals surface area contributed by atoms with Crippen LogP contribution in [0.3, 0.4) is 0 Å². The van der Waals surface area contributed by atoms with Crippen LogP contribution in [0.25, 0.3) is 16.6 Å². The van der Waals surface area contributed by atoms with Crippen molar-refractivity contribution >= 4 is 52.1 Å². The molecule has 9 nitrogen and oxygen atoms in total. The highest BCUT2D eigenvalue weighted by atomic mass is 32.2. The number of hydrogen-bond acceptors (Lipinski definition) is 10. The van der Waals surface area contributed by atoms with Crippen molar-refractivity contribution in [2.75, 3.05) is 24.5 Å². The van der Waals surface area contributed by atoms with E-state index in [4.69, 9.17) is 0 Å². The lowest BCUT2D eigenvalue weighted by Gasteiger charge is -2.32. The monoisotopic (exact) mass is 552 g/mol. The zero-order chi connectivity index (χ0) is 26.6. The molecule has 2 aliphatic heterocycles. The first-order valence-electron chi connectivity index (χ1n) is 12.2. The molecule has 0 unspecified atom stereocenters. The number of Topliss-reactive ketones (excluding diaryl/α,β-unsaturated/α-hetero) is 1. The Morgan fingerprint density at radius 3 is 2.74 bits per heavy atom. The van der Waals surface area contributed by atoms with E-state index < -0.39 is 5.91 Å². The van der Waals surface area contributed by atoms with Gasteiger partial charge in [0.2, 0.25) is 5.95 Å². The molecular weight excluding hydrogens is 527 g/mol. The second-order valence-electron chi connectivity index (χ2n) is 9.08. The summed E-state index contributed by atoms with van der Waals surface area (Å²) in [5.41, 5.74) is 1.72. The number of pyridine rings is 1. The van der Waals surface area contributed by atoms with Gasteiger partial charge in [-0.15, -0.1) is 11.3 Å². The molecule has 2 fully saturated rings. The molecule has 5 heterocycles. The Hall–Kier alpha value is -3.48. The Morgan fingerprint density at radius 2 is 2.03 bits per heavy atom. The molecule has 3 aromatic rings. The molecule has 5 rings (SSSR count). The van der Waals surface area contributed by atoms with Gasteiger partial charge in [0.05, 0.1) is 31.7 Å². The van der Waals surface area contributed by atoms with Gasteiger partial charge in [0.15, 0.2) is 5.78 Å². The van der Waals surface area contributed by atoms with Crippen LogP contribution < -0.4 is 15.5 Å². The maximum atomic E-state index is 14.3. The summed E-state index contributed by atoms with van der Waals surface area (Å²) in [6.45, 7) is 4.32. The Bertz CT molecular complexity index is 1420. The number of thioether (sulfide) groups is 1. The van der Waals surface area contributed by atoms with Gasteiger partial charge in [0.1, 0.15) is 5.82 Å². The Balaban J connectivity index is 1.13. The normalized spacial score (nSPS) is 17.3. The van der Waals surface area contributed by atoms with E-state index in [1.807, 2.05) is 0 Å². The number of halogens is 1. The van der Waals surface area contributed by atoms with Gasteiger partial charge in [-0.3, -0.25) is 24.7 Å². The summed E-state index contributed by atoms with van der Waals surface area (Å²) < 4.78 is 14.3. The predicted octanol–water partition coefficient (Wildman–Crippen LogP) is 4.27. The van der Waals surface area contributed by atoms with Crippen LogP contribution in [0.4, 0.5) is 15.1 Å². The SMILES string of the molecule is CC(=O)c1ccc(-c2cc(F)cc(CNCC3CCN(c4nccc(C=C5SC(=O)NC5=O)n4)CC3)n2)s1. The third-order valence-electron chi connectivity index (χ3n) is 6.27. The average molecular weight is 553 g/mol. The molecule has 0 spiro atoms. The highest BCUT2D eigenvalue weighted by Gasteiger charge is 2.26. The molecule has 2 N–H and O–H groups in total. The standard InChI is InChI=1S/C26H25FN6O3S2/c1-15(34)21-2-3-22(37-21)20-11-17(27)10-19(30-20)14-28-13-16-5-8-33(9-6-16)25-29-7-4-18(31-25)12-23-24(35)32-26(36)38-23/h2-4,7,10-12,16,28H,5-6,8-9,13-14H2,1H3,(H,32,35,36). The van der Waals surface area contributed by atoms with Crippen molar-refractivity contribution in [3.8, 4) is 10.6 Å². The maximum Gasteiger partial charge on any atom is 0.290 e. The summed E-state index contributed by atoms with van der Waals surface area (Å²) in [5.74, 6) is 0.265. The van der Waals surface area contributed by atoms with Gasteiger partial charge in [0, 0.05) is 31.9 Å². The molecule has 12 heteroatoms. The van der Waals surface area contributed by atoms with Crippen LogP contribution in [0.15, 0.2) is 41.4 Å². The first-order valence-corrected chi connectivity index (χ1v) is 13.8. The van der Waals surface area contributed by atoms with E-state index in [9.17, 15) is 18.8 Å². The number of aromatic nitrogens is 3. The topological polar surface area (TPSA) is 117 Å². The van der Waals surface area contributed by atoms with E-state index >= 15 is 0 Å². The lowest BCUT2D eigenvalue weighted by molar-refractivity contribution is -0.115. The van der Waals surface area contributed by atoms with Gasteiger partial charge >= 0.3 is 0 Å². The highest BCUT2D eigenvalue weighted by molar-refractivity contribution is 8.18. The number of nitrogens with zero attached hydrogens (tertiary/aromatic N) is 4. The summed E-state index contributed by atoms with van der Waals surface area (Å²) in [5, 5.41) is 5.26. The molecule has 3 aromatic heterocycles. The fourth-order valence-electron chi connectivity index (χ4n) is 4.32. The predicted molar refractivity (Wildman–Crippen MR) is 145 cm³/mol. The molecule has 0 bridgehead atoms. The molecule has 0 aliphatic carbocycles. The van der Waals surface area contributed by atoms with Crippen LogP contribution in [0.1, 0.15) is 40.8 Å². The fraction of sp³-hybridized carbons (Fsp3) is 0.308. The van der Waals surface area contributed by atoms with Crippen LogP contribution in [0, 0.1) is 11.7 Å². The van der Waals surface area contributed by atoms with Crippen molar-refractivity contribution in [3.63, 3.8) is 0 Å². The number of anilines is 1. The number of piperidine rings is 1. The molecule has 2 amide bonds. The first kappa shape index (κ1) is 26.1. The fourth-order valence-corrected chi connectivity index (χ4v) is 5.85. The van der Waals surface area contributed by atoms with Gasteiger partial charge in [-0.05, 0) is 74.3 Å². The molecule has 0 aromatic carbocycles. The molecule has 2 saturated heterocycles. The summed E-state index contributed by atoms with van der Waals surface area (Å²) in [6, 6.07) is 8.07. The number of rotatable bonds is 8. The molecule has 0 atom stereocenters. The third-order valence-corrected chi connectivity index (χ3v) is 8.29. The second-order valence-corrected chi connectivity index (χ2v) is 11.2. The summed E-state index contributed by atoms with van der Waals surface area (Å²) in [6.07, 6.45) is 5.14. The van der Waals surface area contributed by atoms with Gasteiger partial charge < -0.3 is 10.2 Å². The van der Waals surface area contributed by atoms with Crippen molar-refractivity contribution < 1.29 is 18.8 Å². The number of hydrogen-bond donors (Lipinski definition) is 2. The van der Waals surface area contributed by atoms with Crippen LogP contribution in [0.2, 0.25) is 0 Å². The Labute approximate surface area is 227 Å². The van der Waals surface area contributed by atoms with E-state index in [2.05, 4.69) is 30.5 Å². The first-order chi connectivity index (χ1) is 18.3. The lowest BCUT2D eigenvalue weighted by atomic mass is 9.97. The van der Waals surface area contributed by atoms with Crippen LogP contribution in [0.5, 0.6) is 0 Å². The quantitative estimate of drug-likeness (QED) is 0.312. The van der Waals surface area contributed by atoms with Gasteiger partial charge in [0.25, 0.3) is 11.1 Å². The Kier molecular flexibility index (Phi) is 7.91. The zero-order valence-electron chi connectivity index (χ0n) is 20.6. The Morgan fingerprint density at radius 1 is 1.21 bits per heavy atom. The number of carbonyl (C=O) groups is 3. The van der Waals surface area contributed by atoms with Gasteiger partial charge in [-0.1, -0.05) is 0 Å². The summed E-state index contributed by atoms with van der Waals surface area (Å²) >= 11 is 2.18. The summed E-state index contributed by atoms with van der Waals surface area (Å²) in [7, 11) is 0. The molecule has 196 valence electrons. The van der Waals surface area contributed by atoms with Crippen molar-refractivity contribution in [2.45, 2.75) is 26.3 Å². The smallest absolute Gasteiger partial charge is 0.290 e. The van der Waals surface area contributed by atoms with E-state index in [1.165, 1.54) is 30.4 Å². The van der Waals surface area contributed by atoms with E-state index in [-0.39, 0.29) is 16.8 Å². The van der Waals surface area contributed by atoms with E-state index in [0.717, 1.165) is 49.1 Å². The van der Waals surface area contributed by atoms with E-state index in [0.29, 0.717) is 45.3 Å². The average Bonchev–Trinajstić information content (AvgIpc) is 3.51. The minimum atomic E-state index is -0.410. The van der Waals surface area contributed by atoms with Gasteiger partial charge in [-0.2, -0.15) is 0 Å². The number of ketones is 1. The van der Waals surface area contributed by atoms with Crippen molar-refractivity contribution in [3.05, 3.63) is 63.5 Å². The highest BCUT2D eigenvalue weighted by Crippen LogP contribution is 2.28. The third kappa shape index (κ3) is 6.32. The second kappa shape index (κ2) is 11.5. The minimum absolute atomic E-state index is 0.0166. The molecule has 0 radical (unpaired) electrons. The van der Waals surface area contributed by atoms with Gasteiger partial charge in [-0.25, -0.2) is 14.4 Å². The zero-order valence-corrected chi connectivity index (χ0v) is 22.2. The van der Waals surface area contributed by atoms with Crippen LogP contribution in [-0.4, -0.2) is 51.5 Å². The number of amides is 2. The van der Waals surface area contributed by atoms with E-state index in [1.54, 1.807) is 30.5 Å². The number of nitrogens with one attached hydrogen (secondary N) is 2. The molecule has 0 saturated carbocycles. The maximum absolute atomic E-state index is 14.3. The largest absolute Gasteiger partial charge is 0.341 e. The molecule has 38 heavy (non-hydrogen) atoms. The van der Waals surface area contributed by atoms with Crippen LogP contribution >= 0.6 is 23.1 Å². The number of carbonyl (C=O) groups excluding carboxylic acids is 3. The molecule has 2 aliphatic rings. The summed E-state index contributed by atoms with van der Waals surface area (Å²) in [4.78, 5) is 52.1. The lowest BCUT2D eigenvalue weighted by Crippen LogP contribution is -2.38. The van der Waals surface area contributed by atoms with Crippen molar-refractivity contribution in [2.24, 2.45) is 5.92 Å². The van der Waals surface area contributed by atoms with Crippen molar-refractivity contribution in [1.82, 2.24) is 25.6 Å². The number of thiophene rings is 1. The van der Waals surface area contributed by atoms with Crippen LogP contribution in [-0.2, 0) is 11.3 Å². The minimum Gasteiger partial charge on any atom is -0.341 e. The number of imide groups is 1. The van der Waals surface area contributed by atoms with Crippen molar-refractivity contribution in [1.29, 1.82) is 0 Å².